The van der Waals surface area contributed by atoms with Crippen molar-refractivity contribution < 1.29 is 50.3 Å². The second kappa shape index (κ2) is 32.4. The molecule has 4 aromatic carbocycles. The molecule has 16 rings (SSSR count). The fourth-order valence-electron chi connectivity index (χ4n) is 11.9. The van der Waals surface area contributed by atoms with Crippen LogP contribution < -0.4 is 16.0 Å². The van der Waals surface area contributed by atoms with E-state index < -0.39 is 34.9 Å². The number of nitrogens with zero attached hydrogens (tertiary/aromatic N) is 15. The number of nitrogens with one attached hydrogen (secondary N) is 8. The Morgan fingerprint density at radius 3 is 1.45 bits per heavy atom. The second-order valence-electron chi connectivity index (χ2n) is 24.1. The third-order valence-electron chi connectivity index (χ3n) is 17.2. The van der Waals surface area contributed by atoms with Gasteiger partial charge in [0.15, 0.2) is 58.2 Å². The van der Waals surface area contributed by atoms with Crippen LogP contribution in [0.3, 0.4) is 0 Å². The van der Waals surface area contributed by atoms with E-state index in [0.717, 1.165) is 76.4 Å². The number of aromatic amines is 5. The van der Waals surface area contributed by atoms with Gasteiger partial charge in [0.1, 0.15) is 47.4 Å². The first-order chi connectivity index (χ1) is 51.0. The molecule has 1 saturated carbocycles. The van der Waals surface area contributed by atoms with Crippen molar-refractivity contribution >= 4 is 52.8 Å². The number of likely N-dealkylation sites (tertiary alicyclic amines) is 1. The first-order valence-corrected chi connectivity index (χ1v) is 33.6. The average molecular weight is 1480 g/mol. The van der Waals surface area contributed by atoms with Gasteiger partial charge in [0.25, 0.3) is 23.6 Å². The number of anilines is 1. The molecule has 0 spiro atoms. The Labute approximate surface area is 601 Å². The van der Waals surface area contributed by atoms with Gasteiger partial charge in [0.05, 0.1) is 33.2 Å². The number of hydrogen-bond acceptors (Lipinski definition) is 15. The molecule has 11 heterocycles. The van der Waals surface area contributed by atoms with Crippen molar-refractivity contribution in [1.29, 1.82) is 0 Å². The van der Waals surface area contributed by atoms with E-state index in [0.29, 0.717) is 103 Å². The summed E-state index contributed by atoms with van der Waals surface area (Å²) in [6.07, 6.45) is 22.2. The van der Waals surface area contributed by atoms with E-state index in [1.807, 2.05) is 0 Å². The number of amides is 4. The Hall–Kier alpha value is -12.3. The summed E-state index contributed by atoms with van der Waals surface area (Å²) < 4.78 is 93.8. The van der Waals surface area contributed by atoms with E-state index in [4.69, 9.17) is 27.9 Å². The van der Waals surface area contributed by atoms with E-state index >= 15 is 0 Å². The summed E-state index contributed by atoms with van der Waals surface area (Å²) >= 11 is 12.5. The van der Waals surface area contributed by atoms with Crippen molar-refractivity contribution in [3.63, 3.8) is 0 Å². The smallest absolute Gasteiger partial charge is 0.274 e. The summed E-state index contributed by atoms with van der Waals surface area (Å²) in [4.78, 5) is 69.4. The number of tetrazole rings is 1. The van der Waals surface area contributed by atoms with Crippen molar-refractivity contribution in [1.82, 2.24) is 110 Å². The number of carbonyl (C=O) groups is 4. The predicted octanol–water partition coefficient (Wildman–Crippen LogP) is 11.6. The first-order valence-electron chi connectivity index (χ1n) is 32.8. The number of ether oxygens (including phenoxy) is 1. The number of H-pyrrole nitrogens is 5. The lowest BCUT2D eigenvalue weighted by Gasteiger charge is -2.13. The van der Waals surface area contributed by atoms with Crippen molar-refractivity contribution in [2.75, 3.05) is 38.1 Å². The summed E-state index contributed by atoms with van der Waals surface area (Å²) in [5.41, 5.74) is 4.17. The first kappa shape index (κ1) is 71.1. The molecular formula is C69H61Cl2F6N23O5. The quantitative estimate of drug-likeness (QED) is 0.0393. The van der Waals surface area contributed by atoms with E-state index in [1.54, 1.807) is 78.3 Å². The Bertz CT molecular complexity index is 5020. The SMILES string of the molecule is O=C(NCC1CCCC1)c1cc(-c2nncn2-c2cccc(F)c2F)c[nH]1.O=C(NC[C@@H]1CCCO1)c1cc(-c2nncn2-c2cccc(F)c2F)c[nH]1.O=C(Nc1ncc[nH]1)c1cc(-c2nnnn2-c2c(Cl)cccc2Cl)c[nH]1.O=C(c1cc(-c2nncn2-c2cccc(F)c2F)c[nH]1)N1CCCC1. The molecular weight excluding hydrogens is 1420 g/mol. The standard InChI is InChI=1S/C19H19F2N5O.C18H17F2N5O2.C17H15F2N5O.C15H10Cl2N8O/c20-14-6-3-7-16(17(14)21)26-11-24-25-18(26)13-8-15(22-10-13)19(27)23-9-12-4-1-2-5-12;19-13-4-1-5-15(16(13)20)25-10-23-24-17(25)11-7-14(21-8-11)18(26)22-9-12-3-2-6-27-12;18-12-4-3-5-14(15(12)19)24-10-21-22-16(24)11-8-13(20-9-11)17(25)23-6-1-2-7-23;16-9-2-1-3-10(17)12(9)25-13(22-23-24-25)8-6-11(20-7-8)14(26)21-15-18-4-5-19-15/h3,6-8,10-12,22H,1-2,4-5,9H2,(H,23,27);1,4-5,7-8,10,12,21H,2-3,6,9H2,(H,22,26);3-5,8-10,20H,1-2,6-7H2;1-7,20H,(H2,18,19,21,26)/t;12-;;/m.0../s1. The molecule has 0 bridgehead atoms. The third kappa shape index (κ3) is 16.2. The summed E-state index contributed by atoms with van der Waals surface area (Å²) in [6, 6.07) is 23.2. The zero-order valence-corrected chi connectivity index (χ0v) is 56.6. The van der Waals surface area contributed by atoms with Gasteiger partial charge < -0.3 is 45.2 Å². The maximum atomic E-state index is 14.1. The molecule has 105 heavy (non-hydrogen) atoms. The predicted molar refractivity (Wildman–Crippen MR) is 369 cm³/mol. The molecule has 9 aromatic heterocycles. The lowest BCUT2D eigenvalue weighted by Crippen LogP contribution is -2.31. The Morgan fingerprint density at radius 2 is 0.971 bits per heavy atom. The Balaban J connectivity index is 0.000000124. The molecule has 36 heteroatoms. The van der Waals surface area contributed by atoms with E-state index in [2.05, 4.69) is 92.0 Å². The third-order valence-corrected chi connectivity index (χ3v) is 17.8. The van der Waals surface area contributed by atoms with Crippen LogP contribution in [0.5, 0.6) is 0 Å². The molecule has 4 amide bonds. The van der Waals surface area contributed by atoms with Crippen LogP contribution in [0.2, 0.25) is 10.0 Å². The normalized spacial score (nSPS) is 14.1. The van der Waals surface area contributed by atoms with Crippen LogP contribution in [0.1, 0.15) is 93.3 Å². The number of hydrogen-bond donors (Lipinski definition) is 8. The van der Waals surface area contributed by atoms with E-state index in [1.165, 1.54) is 92.8 Å². The maximum Gasteiger partial charge on any atom is 0.274 e. The van der Waals surface area contributed by atoms with E-state index in [9.17, 15) is 45.5 Å². The molecule has 28 nitrogen and oxygen atoms in total. The molecule has 3 fully saturated rings. The largest absolute Gasteiger partial charge is 0.376 e. The van der Waals surface area contributed by atoms with Crippen molar-refractivity contribution in [2.24, 2.45) is 5.92 Å². The minimum atomic E-state index is -0.997. The summed E-state index contributed by atoms with van der Waals surface area (Å²) in [5.74, 6) is -4.54. The fraction of sp³-hybridized carbons (Fsp3) is 0.217. The van der Waals surface area contributed by atoms with Crippen molar-refractivity contribution in [3.8, 4) is 68.3 Å². The highest BCUT2D eigenvalue weighted by molar-refractivity contribution is 6.37. The minimum absolute atomic E-state index is 0.00318. The van der Waals surface area contributed by atoms with Gasteiger partial charge in [-0.1, -0.05) is 60.3 Å². The topological polar surface area (TPSA) is 344 Å². The number of imidazole rings is 1. The molecule has 0 radical (unpaired) electrons. The molecule has 2 aliphatic heterocycles. The zero-order chi connectivity index (χ0) is 73.1. The van der Waals surface area contributed by atoms with Crippen LogP contribution in [0, 0.1) is 40.8 Å². The fourth-order valence-corrected chi connectivity index (χ4v) is 12.5. The molecule has 0 unspecified atom stereocenters. The van der Waals surface area contributed by atoms with Crippen LogP contribution in [0.25, 0.3) is 68.3 Å². The van der Waals surface area contributed by atoms with Gasteiger partial charge in [-0.15, -0.1) is 35.7 Å². The lowest BCUT2D eigenvalue weighted by molar-refractivity contribution is 0.0786. The number of rotatable bonds is 17. The zero-order valence-electron chi connectivity index (χ0n) is 55.1. The molecule has 2 saturated heterocycles. The average Bonchev–Trinajstić information content (AvgIpc) is 1.70. The Kier molecular flexibility index (Phi) is 21.9. The summed E-state index contributed by atoms with van der Waals surface area (Å²) in [5, 5.41) is 44.1. The highest BCUT2D eigenvalue weighted by Crippen LogP contribution is 2.33. The number of benzene rings is 4. The number of para-hydroxylation sites is 1. The Morgan fingerprint density at radius 1 is 0.514 bits per heavy atom. The van der Waals surface area contributed by atoms with Crippen molar-refractivity contribution in [2.45, 2.75) is 57.5 Å². The van der Waals surface area contributed by atoms with Crippen LogP contribution in [0.4, 0.5) is 32.3 Å². The number of halogens is 8. The molecule has 1 atom stereocenters. The van der Waals surface area contributed by atoms with Gasteiger partial charge in [0, 0.05) is 92.2 Å². The number of carbonyl (C=O) groups excluding carboxylic acids is 4. The second-order valence-corrected chi connectivity index (χ2v) is 24.9. The van der Waals surface area contributed by atoms with Gasteiger partial charge in [-0.3, -0.25) is 38.2 Å². The van der Waals surface area contributed by atoms with Gasteiger partial charge in [0.2, 0.25) is 5.95 Å². The molecule has 3 aliphatic rings. The van der Waals surface area contributed by atoms with Crippen molar-refractivity contribution in [3.05, 3.63) is 221 Å². The van der Waals surface area contributed by atoms with Crippen LogP contribution in [-0.2, 0) is 4.74 Å². The van der Waals surface area contributed by atoms with Gasteiger partial charge in [-0.25, -0.2) is 31.3 Å². The van der Waals surface area contributed by atoms with Crippen LogP contribution in [-0.4, -0.2) is 162 Å². The van der Waals surface area contributed by atoms with Gasteiger partial charge >= 0.3 is 0 Å². The molecule has 538 valence electrons. The van der Waals surface area contributed by atoms with Gasteiger partial charge in [-0.05, 0) is 128 Å². The molecule has 8 N–H and O–H groups in total. The lowest BCUT2D eigenvalue weighted by atomic mass is 10.1. The summed E-state index contributed by atoms with van der Waals surface area (Å²) in [7, 11) is 0. The highest BCUT2D eigenvalue weighted by atomic mass is 35.5. The number of aromatic nitrogens is 19. The van der Waals surface area contributed by atoms with Crippen LogP contribution in [0.15, 0.2) is 153 Å². The summed E-state index contributed by atoms with van der Waals surface area (Å²) in [6.45, 7) is 3.32. The minimum Gasteiger partial charge on any atom is -0.376 e. The van der Waals surface area contributed by atoms with Gasteiger partial charge in [-0.2, -0.15) is 4.68 Å². The van der Waals surface area contributed by atoms with E-state index in [-0.39, 0.29) is 52.6 Å². The highest BCUT2D eigenvalue weighted by Gasteiger charge is 2.27. The van der Waals surface area contributed by atoms with Crippen LogP contribution >= 0.6 is 23.2 Å². The molecule has 1 aliphatic carbocycles. The maximum absolute atomic E-state index is 14.1. The molecule has 13 aromatic rings. The monoisotopic (exact) mass is 1480 g/mol.